The minimum Gasteiger partial charge on any atom is -0.496 e. The van der Waals surface area contributed by atoms with E-state index in [0.29, 0.717) is 22.4 Å². The van der Waals surface area contributed by atoms with Gasteiger partial charge in [0, 0.05) is 22.9 Å². The molecular formula is C23H22FNO3. The SMILES string of the molecule is COc1c(C(=O)c2cccc(F)c2)cc(-c2ccc[nH]c2=O)cc1C(C)(C)C. The van der Waals surface area contributed by atoms with Gasteiger partial charge in [-0.1, -0.05) is 32.9 Å². The number of ketones is 1. The maximum atomic E-state index is 13.7. The van der Waals surface area contributed by atoms with Gasteiger partial charge in [0.15, 0.2) is 5.78 Å². The topological polar surface area (TPSA) is 59.2 Å². The lowest BCUT2D eigenvalue weighted by molar-refractivity contribution is 0.103. The lowest BCUT2D eigenvalue weighted by Gasteiger charge is -2.25. The summed E-state index contributed by atoms with van der Waals surface area (Å²) in [6, 6.07) is 12.5. The average molecular weight is 379 g/mol. The Bertz CT molecular complexity index is 1090. The van der Waals surface area contributed by atoms with Gasteiger partial charge in [0.05, 0.1) is 12.7 Å². The number of carbonyl (C=O) groups is 1. The third-order valence-electron chi connectivity index (χ3n) is 4.56. The van der Waals surface area contributed by atoms with Crippen LogP contribution in [0.3, 0.4) is 0 Å². The number of rotatable bonds is 4. The lowest BCUT2D eigenvalue weighted by Crippen LogP contribution is -2.17. The molecule has 1 heterocycles. The van der Waals surface area contributed by atoms with Crippen LogP contribution >= 0.6 is 0 Å². The third-order valence-corrected chi connectivity index (χ3v) is 4.56. The van der Waals surface area contributed by atoms with Gasteiger partial charge in [0.1, 0.15) is 11.6 Å². The molecule has 28 heavy (non-hydrogen) atoms. The van der Waals surface area contributed by atoms with Crippen molar-refractivity contribution >= 4 is 5.78 Å². The Morgan fingerprint density at radius 3 is 2.43 bits per heavy atom. The molecular weight excluding hydrogens is 357 g/mol. The van der Waals surface area contributed by atoms with Gasteiger partial charge in [0.2, 0.25) is 0 Å². The van der Waals surface area contributed by atoms with Crippen molar-refractivity contribution in [2.75, 3.05) is 7.11 Å². The van der Waals surface area contributed by atoms with Crippen molar-refractivity contribution in [1.29, 1.82) is 0 Å². The van der Waals surface area contributed by atoms with E-state index in [9.17, 15) is 14.0 Å². The molecule has 0 saturated heterocycles. The summed E-state index contributed by atoms with van der Waals surface area (Å²) in [4.78, 5) is 28.2. The predicted octanol–water partition coefficient (Wildman–Crippen LogP) is 4.72. The summed E-state index contributed by atoms with van der Waals surface area (Å²) in [7, 11) is 1.50. The molecule has 3 rings (SSSR count). The number of halogens is 1. The number of aromatic amines is 1. The van der Waals surface area contributed by atoms with Crippen LogP contribution in [-0.2, 0) is 5.41 Å². The highest BCUT2D eigenvalue weighted by Gasteiger charge is 2.26. The molecule has 2 aromatic carbocycles. The minimum atomic E-state index is -0.489. The van der Waals surface area contributed by atoms with Crippen LogP contribution in [0.1, 0.15) is 42.3 Å². The number of hydrogen-bond donors (Lipinski definition) is 1. The van der Waals surface area contributed by atoms with E-state index < -0.39 is 5.82 Å². The van der Waals surface area contributed by atoms with Crippen LogP contribution in [0, 0.1) is 5.82 Å². The van der Waals surface area contributed by atoms with Crippen molar-refractivity contribution in [3.8, 4) is 16.9 Å². The first kappa shape index (κ1) is 19.5. The molecule has 0 atom stereocenters. The van der Waals surface area contributed by atoms with Gasteiger partial charge < -0.3 is 9.72 Å². The number of ether oxygens (including phenoxy) is 1. The Balaban J connectivity index is 2.31. The van der Waals surface area contributed by atoms with E-state index in [-0.39, 0.29) is 22.3 Å². The molecule has 0 fully saturated rings. The second kappa shape index (κ2) is 7.43. The molecule has 0 saturated carbocycles. The molecule has 0 unspecified atom stereocenters. The molecule has 5 heteroatoms. The molecule has 0 aliphatic carbocycles. The van der Waals surface area contributed by atoms with Crippen LogP contribution < -0.4 is 10.3 Å². The van der Waals surface area contributed by atoms with Crippen molar-refractivity contribution in [2.45, 2.75) is 26.2 Å². The van der Waals surface area contributed by atoms with Gasteiger partial charge in [-0.05, 0) is 47.4 Å². The number of benzene rings is 2. The number of nitrogens with one attached hydrogen (secondary N) is 1. The van der Waals surface area contributed by atoms with Crippen LogP contribution in [0.4, 0.5) is 4.39 Å². The van der Waals surface area contributed by atoms with Crippen molar-refractivity contribution in [3.63, 3.8) is 0 Å². The Morgan fingerprint density at radius 1 is 1.07 bits per heavy atom. The summed E-state index contributed by atoms with van der Waals surface area (Å²) >= 11 is 0. The molecule has 3 aromatic rings. The summed E-state index contributed by atoms with van der Waals surface area (Å²) in [6.07, 6.45) is 1.55. The summed E-state index contributed by atoms with van der Waals surface area (Å²) in [5.74, 6) is -0.426. The quantitative estimate of drug-likeness (QED) is 0.668. The van der Waals surface area contributed by atoms with Crippen LogP contribution in [0.2, 0.25) is 0 Å². The highest BCUT2D eigenvalue weighted by Crippen LogP contribution is 2.38. The van der Waals surface area contributed by atoms with Crippen LogP contribution in [0.5, 0.6) is 5.75 Å². The number of H-pyrrole nitrogens is 1. The van der Waals surface area contributed by atoms with Crippen molar-refractivity contribution < 1.29 is 13.9 Å². The van der Waals surface area contributed by atoms with Crippen molar-refractivity contribution in [3.05, 3.63) is 87.6 Å². The van der Waals surface area contributed by atoms with E-state index in [1.54, 1.807) is 30.5 Å². The van der Waals surface area contributed by atoms with E-state index in [2.05, 4.69) is 4.98 Å². The average Bonchev–Trinajstić information content (AvgIpc) is 2.66. The third kappa shape index (κ3) is 3.74. The minimum absolute atomic E-state index is 0.220. The summed E-state index contributed by atoms with van der Waals surface area (Å²) in [5, 5.41) is 0. The molecule has 0 amide bonds. The Kier molecular flexibility index (Phi) is 5.18. The lowest BCUT2D eigenvalue weighted by atomic mass is 9.82. The van der Waals surface area contributed by atoms with Gasteiger partial charge in [-0.15, -0.1) is 0 Å². The standard InChI is InChI=1S/C23H22FNO3/c1-23(2,3)19-13-15(17-9-6-10-25-22(17)27)12-18(21(19)28-4)20(26)14-7-5-8-16(24)11-14/h5-13H,1-4H3,(H,25,27). The van der Waals surface area contributed by atoms with E-state index in [1.165, 1.54) is 25.3 Å². The number of hydrogen-bond acceptors (Lipinski definition) is 3. The van der Waals surface area contributed by atoms with Gasteiger partial charge >= 0.3 is 0 Å². The van der Waals surface area contributed by atoms with Gasteiger partial charge in [-0.3, -0.25) is 9.59 Å². The summed E-state index contributed by atoms with van der Waals surface area (Å²) in [5.41, 5.74) is 1.75. The number of methoxy groups -OCH3 is 1. The zero-order valence-electron chi connectivity index (χ0n) is 16.3. The fourth-order valence-corrected chi connectivity index (χ4v) is 3.16. The zero-order valence-corrected chi connectivity index (χ0v) is 16.3. The van der Waals surface area contributed by atoms with E-state index >= 15 is 0 Å². The maximum absolute atomic E-state index is 13.7. The number of aromatic nitrogens is 1. The summed E-state index contributed by atoms with van der Waals surface area (Å²) in [6.45, 7) is 6.00. The van der Waals surface area contributed by atoms with Gasteiger partial charge in [0.25, 0.3) is 5.56 Å². The molecule has 0 aliphatic rings. The highest BCUT2D eigenvalue weighted by atomic mass is 19.1. The van der Waals surface area contributed by atoms with E-state index in [4.69, 9.17) is 4.74 Å². The van der Waals surface area contributed by atoms with Crippen LogP contribution in [-0.4, -0.2) is 17.9 Å². The normalized spacial score (nSPS) is 11.3. The number of pyridine rings is 1. The summed E-state index contributed by atoms with van der Waals surface area (Å²) < 4.78 is 19.3. The first-order valence-corrected chi connectivity index (χ1v) is 8.93. The van der Waals surface area contributed by atoms with E-state index in [1.807, 2.05) is 26.8 Å². The van der Waals surface area contributed by atoms with Crippen LogP contribution in [0.15, 0.2) is 59.5 Å². The molecule has 0 aliphatic heterocycles. The second-order valence-corrected chi connectivity index (χ2v) is 7.61. The van der Waals surface area contributed by atoms with Crippen molar-refractivity contribution in [1.82, 2.24) is 4.98 Å². The molecule has 0 radical (unpaired) electrons. The Hall–Kier alpha value is -3.21. The molecule has 144 valence electrons. The smallest absolute Gasteiger partial charge is 0.255 e. The maximum Gasteiger partial charge on any atom is 0.255 e. The fourth-order valence-electron chi connectivity index (χ4n) is 3.16. The number of carbonyl (C=O) groups excluding carboxylic acids is 1. The largest absolute Gasteiger partial charge is 0.496 e. The van der Waals surface area contributed by atoms with Crippen LogP contribution in [0.25, 0.3) is 11.1 Å². The predicted molar refractivity (Wildman–Crippen MR) is 108 cm³/mol. The first-order chi connectivity index (χ1) is 13.2. The fraction of sp³-hybridized carbons (Fsp3) is 0.217. The van der Waals surface area contributed by atoms with E-state index in [0.717, 1.165) is 5.56 Å². The van der Waals surface area contributed by atoms with Gasteiger partial charge in [-0.2, -0.15) is 0 Å². The Morgan fingerprint density at radius 2 is 1.82 bits per heavy atom. The molecule has 1 aromatic heterocycles. The second-order valence-electron chi connectivity index (χ2n) is 7.61. The molecule has 1 N–H and O–H groups in total. The first-order valence-electron chi connectivity index (χ1n) is 8.93. The highest BCUT2D eigenvalue weighted by molar-refractivity contribution is 6.11. The molecule has 4 nitrogen and oxygen atoms in total. The molecule has 0 spiro atoms. The zero-order chi connectivity index (χ0) is 20.5. The Labute approximate surface area is 163 Å². The van der Waals surface area contributed by atoms with Gasteiger partial charge in [-0.25, -0.2) is 4.39 Å². The molecule has 0 bridgehead atoms. The van der Waals surface area contributed by atoms with Crippen molar-refractivity contribution in [2.24, 2.45) is 0 Å². The monoisotopic (exact) mass is 379 g/mol.